The normalized spacial score (nSPS) is 19.5. The summed E-state index contributed by atoms with van der Waals surface area (Å²) in [5.74, 6) is -3.37. The lowest BCUT2D eigenvalue weighted by molar-refractivity contribution is 0.0455. The molecule has 200 valence electrons. The predicted molar refractivity (Wildman–Crippen MR) is 131 cm³/mol. The molecule has 4 rings (SSSR count). The maximum Gasteiger partial charge on any atom is 0.274 e. The zero-order valence-electron chi connectivity index (χ0n) is 20.8. The number of fused-ring (bicyclic) bond motifs is 1. The maximum atomic E-state index is 13.9. The lowest BCUT2D eigenvalue weighted by Crippen LogP contribution is -2.53. The first-order valence-corrected chi connectivity index (χ1v) is 12.5. The van der Waals surface area contributed by atoms with Crippen molar-refractivity contribution in [3.05, 3.63) is 63.1 Å². The summed E-state index contributed by atoms with van der Waals surface area (Å²) in [5.41, 5.74) is -1.42. The third-order valence-electron chi connectivity index (χ3n) is 7.16. The summed E-state index contributed by atoms with van der Waals surface area (Å²) in [7, 11) is 1.64. The van der Waals surface area contributed by atoms with Crippen molar-refractivity contribution in [2.75, 3.05) is 33.4 Å². The topological polar surface area (TPSA) is 113 Å². The molecule has 0 bridgehead atoms. The van der Waals surface area contributed by atoms with Crippen molar-refractivity contribution >= 4 is 11.8 Å². The van der Waals surface area contributed by atoms with Crippen molar-refractivity contribution in [3.63, 3.8) is 0 Å². The van der Waals surface area contributed by atoms with E-state index in [9.17, 15) is 28.3 Å². The summed E-state index contributed by atoms with van der Waals surface area (Å²) in [6, 6.07) is 2.94. The maximum absolute atomic E-state index is 13.9. The molecule has 3 N–H and O–H groups in total. The van der Waals surface area contributed by atoms with Gasteiger partial charge in [-0.15, -0.1) is 0 Å². The smallest absolute Gasteiger partial charge is 0.274 e. The molecule has 2 heterocycles. The number of rotatable bonds is 9. The Morgan fingerprint density at radius 3 is 2.73 bits per heavy atom. The van der Waals surface area contributed by atoms with Gasteiger partial charge < -0.3 is 29.9 Å². The van der Waals surface area contributed by atoms with Crippen LogP contribution in [-0.2, 0) is 17.8 Å². The Hall–Kier alpha value is -3.31. The third-order valence-corrected chi connectivity index (χ3v) is 7.16. The fraction of sp³-hybridized carbons (Fsp3) is 0.500. The molecule has 1 aromatic carbocycles. The van der Waals surface area contributed by atoms with Crippen LogP contribution in [0, 0.1) is 17.6 Å². The second-order valence-corrected chi connectivity index (χ2v) is 9.49. The average molecular weight is 519 g/mol. The Bertz CT molecular complexity index is 1220. The second kappa shape index (κ2) is 11.8. The molecule has 1 aliphatic heterocycles. The number of methoxy groups -OCH3 is 1. The number of halogens is 2. The SMILES string of the molecule is COCCNC[C@@H]1CCCC[C@@H]1N1CCn2cc(C(=O)NCc3ccc(F)cc3F)c(=O)c(O)c2C1=O. The van der Waals surface area contributed by atoms with Crippen molar-refractivity contribution < 1.29 is 28.2 Å². The van der Waals surface area contributed by atoms with Gasteiger partial charge in [0.2, 0.25) is 5.43 Å². The van der Waals surface area contributed by atoms with E-state index in [-0.39, 0.29) is 35.3 Å². The molecule has 2 amide bonds. The number of carbonyl (C=O) groups is 2. The molecule has 1 aromatic heterocycles. The van der Waals surface area contributed by atoms with Crippen molar-refractivity contribution in [1.29, 1.82) is 0 Å². The van der Waals surface area contributed by atoms with E-state index in [1.165, 1.54) is 16.8 Å². The molecule has 1 aliphatic carbocycles. The highest BCUT2D eigenvalue weighted by molar-refractivity contribution is 5.99. The molecule has 2 atom stereocenters. The van der Waals surface area contributed by atoms with Gasteiger partial charge in [-0.1, -0.05) is 18.9 Å². The molecular weight excluding hydrogens is 486 g/mol. The van der Waals surface area contributed by atoms with Crippen LogP contribution in [0.5, 0.6) is 5.75 Å². The van der Waals surface area contributed by atoms with E-state index in [1.54, 1.807) is 12.0 Å². The first-order chi connectivity index (χ1) is 17.8. The van der Waals surface area contributed by atoms with Gasteiger partial charge in [-0.25, -0.2) is 8.78 Å². The number of nitrogens with one attached hydrogen (secondary N) is 2. The summed E-state index contributed by atoms with van der Waals surface area (Å²) < 4.78 is 33.5. The Labute approximate surface area is 213 Å². The number of amides is 2. The van der Waals surface area contributed by atoms with Crippen LogP contribution >= 0.6 is 0 Å². The number of nitrogens with zero attached hydrogens (tertiary/aromatic N) is 2. The van der Waals surface area contributed by atoms with Gasteiger partial charge in [0.1, 0.15) is 17.2 Å². The fourth-order valence-corrected chi connectivity index (χ4v) is 5.22. The highest BCUT2D eigenvalue weighted by atomic mass is 19.1. The van der Waals surface area contributed by atoms with Gasteiger partial charge in [0.15, 0.2) is 11.4 Å². The quantitative estimate of drug-likeness (QED) is 0.438. The number of ether oxygens (including phenoxy) is 1. The minimum absolute atomic E-state index is 0.0203. The van der Waals surface area contributed by atoms with Crippen molar-refractivity contribution in [3.8, 4) is 5.75 Å². The number of benzene rings is 1. The lowest BCUT2D eigenvalue weighted by atomic mass is 9.83. The van der Waals surface area contributed by atoms with Crippen LogP contribution in [-0.4, -0.2) is 65.8 Å². The zero-order valence-corrected chi connectivity index (χ0v) is 20.8. The minimum Gasteiger partial charge on any atom is -0.503 e. The molecule has 11 heteroatoms. The van der Waals surface area contributed by atoms with Crippen molar-refractivity contribution in [2.24, 2.45) is 5.92 Å². The van der Waals surface area contributed by atoms with Crippen LogP contribution in [0.25, 0.3) is 0 Å². The van der Waals surface area contributed by atoms with Gasteiger partial charge in [0.25, 0.3) is 11.8 Å². The molecule has 0 spiro atoms. The van der Waals surface area contributed by atoms with E-state index in [2.05, 4.69) is 10.6 Å². The molecule has 1 fully saturated rings. The first kappa shape index (κ1) is 26.7. The monoisotopic (exact) mass is 518 g/mol. The Kier molecular flexibility index (Phi) is 8.55. The fourth-order valence-electron chi connectivity index (χ4n) is 5.22. The van der Waals surface area contributed by atoms with E-state index in [4.69, 9.17) is 4.74 Å². The van der Waals surface area contributed by atoms with Crippen LogP contribution in [0.2, 0.25) is 0 Å². The van der Waals surface area contributed by atoms with Gasteiger partial charge >= 0.3 is 0 Å². The van der Waals surface area contributed by atoms with Gasteiger partial charge in [0, 0.05) is 63.7 Å². The molecule has 0 radical (unpaired) electrons. The Balaban J connectivity index is 1.50. The molecule has 0 unspecified atom stereocenters. The summed E-state index contributed by atoms with van der Waals surface area (Å²) in [6.07, 6.45) is 5.15. The number of hydrogen-bond donors (Lipinski definition) is 3. The van der Waals surface area contributed by atoms with E-state index in [0.29, 0.717) is 32.3 Å². The van der Waals surface area contributed by atoms with E-state index >= 15 is 0 Å². The van der Waals surface area contributed by atoms with Gasteiger partial charge in [-0.3, -0.25) is 14.4 Å². The van der Waals surface area contributed by atoms with E-state index in [0.717, 1.165) is 38.3 Å². The molecule has 1 saturated carbocycles. The lowest BCUT2D eigenvalue weighted by Gasteiger charge is -2.42. The summed E-state index contributed by atoms with van der Waals surface area (Å²) in [5, 5.41) is 16.5. The largest absolute Gasteiger partial charge is 0.503 e. The number of hydrogen-bond acceptors (Lipinski definition) is 6. The van der Waals surface area contributed by atoms with E-state index < -0.39 is 34.6 Å². The van der Waals surface area contributed by atoms with E-state index in [1.807, 2.05) is 0 Å². The standard InChI is InChI=1S/C26H32F2N4O5/c1-37-11-8-29-13-17-4-2-3-5-21(17)32-10-9-31-15-19(23(33)24(34)22(31)26(32)36)25(35)30-14-16-6-7-18(27)12-20(16)28/h6-7,12,15,17,21,29,34H,2-5,8-11,13-14H2,1H3,(H,30,35)/t17-,21-/m0/s1. The van der Waals surface area contributed by atoms with Gasteiger partial charge in [-0.05, 0) is 24.8 Å². The zero-order chi connectivity index (χ0) is 26.5. The molecule has 0 saturated heterocycles. The number of aromatic hydroxyl groups is 1. The second-order valence-electron chi connectivity index (χ2n) is 9.49. The molecule has 9 nitrogen and oxygen atoms in total. The van der Waals surface area contributed by atoms with Gasteiger partial charge in [-0.2, -0.15) is 0 Å². The van der Waals surface area contributed by atoms with Crippen LogP contribution in [0.4, 0.5) is 8.78 Å². The molecular formula is C26H32F2N4O5. The molecule has 37 heavy (non-hydrogen) atoms. The van der Waals surface area contributed by atoms with Crippen LogP contribution in [0.15, 0.2) is 29.2 Å². The number of aromatic nitrogens is 1. The average Bonchev–Trinajstić information content (AvgIpc) is 2.88. The molecule has 2 aromatic rings. The highest BCUT2D eigenvalue weighted by Gasteiger charge is 2.38. The summed E-state index contributed by atoms with van der Waals surface area (Å²) >= 11 is 0. The molecule has 2 aliphatic rings. The number of pyridine rings is 1. The Morgan fingerprint density at radius 2 is 1.97 bits per heavy atom. The van der Waals surface area contributed by atoms with Gasteiger partial charge in [0.05, 0.1) is 6.61 Å². The minimum atomic E-state index is -0.972. The number of carbonyl (C=O) groups excluding carboxylic acids is 2. The first-order valence-electron chi connectivity index (χ1n) is 12.5. The van der Waals surface area contributed by atoms with Crippen molar-refractivity contribution in [1.82, 2.24) is 20.1 Å². The summed E-state index contributed by atoms with van der Waals surface area (Å²) in [6.45, 7) is 2.47. The van der Waals surface area contributed by atoms with Crippen LogP contribution in [0.1, 0.15) is 52.1 Å². The van der Waals surface area contributed by atoms with Crippen LogP contribution in [0.3, 0.4) is 0 Å². The highest BCUT2D eigenvalue weighted by Crippen LogP contribution is 2.32. The van der Waals surface area contributed by atoms with Crippen LogP contribution < -0.4 is 16.1 Å². The summed E-state index contributed by atoms with van der Waals surface area (Å²) in [4.78, 5) is 40.8. The van der Waals surface area contributed by atoms with Crippen molar-refractivity contribution in [2.45, 2.75) is 44.8 Å². The third kappa shape index (κ3) is 5.83. The predicted octanol–water partition coefficient (Wildman–Crippen LogP) is 2.01. The Morgan fingerprint density at radius 1 is 1.19 bits per heavy atom.